The van der Waals surface area contributed by atoms with E-state index in [1.807, 2.05) is 13.0 Å². The Morgan fingerprint density at radius 1 is 1.20 bits per heavy atom. The first-order valence-electron chi connectivity index (χ1n) is 6.00. The summed E-state index contributed by atoms with van der Waals surface area (Å²) in [5.41, 5.74) is 1.57. The molecular weight excluding hydrogens is 261 g/mol. The summed E-state index contributed by atoms with van der Waals surface area (Å²) in [5.74, 6) is -1.31. The van der Waals surface area contributed by atoms with E-state index in [0.29, 0.717) is 5.71 Å². The van der Waals surface area contributed by atoms with Crippen LogP contribution in [-0.4, -0.2) is 10.9 Å². The molecule has 0 amide bonds. The van der Waals surface area contributed by atoms with E-state index in [1.165, 1.54) is 28.7 Å². The molecule has 0 bridgehead atoms. The minimum atomic E-state index is -0.454. The third-order valence-corrected chi connectivity index (χ3v) is 3.03. The number of halogens is 1. The van der Waals surface area contributed by atoms with Gasteiger partial charge in [0.05, 0.1) is 6.07 Å². The summed E-state index contributed by atoms with van der Waals surface area (Å²) in [6, 6.07) is 8.60. The highest BCUT2D eigenvalue weighted by molar-refractivity contribution is 6.08. The van der Waals surface area contributed by atoms with E-state index in [4.69, 9.17) is 4.42 Å². The number of pyridine rings is 1. The molecule has 0 aliphatic rings. The first-order valence-corrected chi connectivity index (χ1v) is 6.00. The second-order valence-corrected chi connectivity index (χ2v) is 4.51. The van der Waals surface area contributed by atoms with Gasteiger partial charge in [-0.2, -0.15) is 0 Å². The fourth-order valence-electron chi connectivity index (χ4n) is 2.05. The van der Waals surface area contributed by atoms with E-state index in [9.17, 15) is 14.3 Å². The maximum atomic E-state index is 12.9. The summed E-state index contributed by atoms with van der Waals surface area (Å²) in [4.78, 5) is 12.4. The number of aryl methyl sites for hydroxylation is 1. The summed E-state index contributed by atoms with van der Waals surface area (Å²) >= 11 is 0. The maximum absolute atomic E-state index is 12.9. The molecule has 100 valence electrons. The van der Waals surface area contributed by atoms with Gasteiger partial charge in [-0.1, -0.05) is 0 Å². The van der Waals surface area contributed by atoms with Crippen LogP contribution in [0, 0.1) is 12.7 Å². The van der Waals surface area contributed by atoms with Gasteiger partial charge in [0.1, 0.15) is 5.82 Å². The Morgan fingerprint density at radius 3 is 2.60 bits per heavy atom. The van der Waals surface area contributed by atoms with E-state index < -0.39 is 17.5 Å². The second-order valence-electron chi connectivity index (χ2n) is 4.51. The first kappa shape index (κ1) is 12.3. The fourth-order valence-corrected chi connectivity index (χ4v) is 2.05. The highest BCUT2D eigenvalue weighted by Crippen LogP contribution is 2.21. The van der Waals surface area contributed by atoms with Gasteiger partial charge >= 0.3 is 17.4 Å². The van der Waals surface area contributed by atoms with E-state index in [-0.39, 0.29) is 11.3 Å². The lowest BCUT2D eigenvalue weighted by atomic mass is 10.1. The minimum Gasteiger partial charge on any atom is -0.476 e. The predicted octanol–water partition coefficient (Wildman–Crippen LogP) is 2.40. The smallest absolute Gasteiger partial charge is 0.382 e. The Kier molecular flexibility index (Phi) is 2.75. The highest BCUT2D eigenvalue weighted by Gasteiger charge is 2.30. The van der Waals surface area contributed by atoms with Gasteiger partial charge in [0.25, 0.3) is 5.78 Å². The van der Waals surface area contributed by atoms with Crippen LogP contribution in [0.25, 0.3) is 5.71 Å². The van der Waals surface area contributed by atoms with Gasteiger partial charge < -0.3 is 9.52 Å². The van der Waals surface area contributed by atoms with Crippen molar-refractivity contribution in [2.24, 2.45) is 0 Å². The van der Waals surface area contributed by atoms with Gasteiger partial charge in [-0.25, -0.2) is 4.39 Å². The second kappa shape index (κ2) is 4.45. The van der Waals surface area contributed by atoms with Crippen LogP contribution in [0.2, 0.25) is 0 Å². The van der Waals surface area contributed by atoms with Crippen LogP contribution in [-0.2, 0) is 0 Å². The zero-order valence-corrected chi connectivity index (χ0v) is 10.6. The van der Waals surface area contributed by atoms with Gasteiger partial charge in [0, 0.05) is 11.1 Å². The molecule has 2 heterocycles. The molecule has 0 atom stereocenters. The Labute approximate surface area is 113 Å². The molecule has 4 nitrogen and oxygen atoms in total. The molecule has 3 rings (SSSR count). The average Bonchev–Trinajstić information content (AvgIpc) is 2.74. The quantitative estimate of drug-likeness (QED) is 0.575. The average molecular weight is 272 g/mol. The first-order chi connectivity index (χ1) is 9.56. The van der Waals surface area contributed by atoms with Crippen LogP contribution in [0.3, 0.4) is 0 Å². The largest absolute Gasteiger partial charge is 0.476 e. The number of fused-ring (bicyclic) bond motifs is 1. The van der Waals surface area contributed by atoms with Crippen LogP contribution in [0.15, 0.2) is 47.0 Å². The monoisotopic (exact) mass is 272 g/mol. The zero-order chi connectivity index (χ0) is 14.3. The molecule has 0 aliphatic carbocycles. The minimum absolute atomic E-state index is 0.0234. The van der Waals surface area contributed by atoms with Crippen molar-refractivity contribution in [3.8, 4) is 5.95 Å². The highest BCUT2D eigenvalue weighted by atomic mass is 19.1. The number of nitrogens with zero attached hydrogens (tertiary/aromatic N) is 1. The van der Waals surface area contributed by atoms with Crippen LogP contribution in [0.5, 0.6) is 5.95 Å². The van der Waals surface area contributed by atoms with E-state index in [0.717, 1.165) is 5.56 Å². The molecule has 5 heteroatoms. The van der Waals surface area contributed by atoms with E-state index in [1.54, 1.807) is 12.3 Å². The maximum Gasteiger partial charge on any atom is 0.382 e. The SMILES string of the molecule is Cc1ccc2oc(O)c(C(=O)c3ccc(F)cc3)[n+]2c1. The lowest BCUT2D eigenvalue weighted by Gasteiger charge is -1.95. The predicted molar refractivity (Wildman–Crippen MR) is 68.1 cm³/mol. The Balaban J connectivity index is 2.18. The summed E-state index contributed by atoms with van der Waals surface area (Å²) < 4.78 is 19.5. The van der Waals surface area contributed by atoms with Crippen LogP contribution < -0.4 is 4.40 Å². The summed E-state index contributed by atoms with van der Waals surface area (Å²) in [6.45, 7) is 1.86. The van der Waals surface area contributed by atoms with Crippen LogP contribution in [0.4, 0.5) is 4.39 Å². The van der Waals surface area contributed by atoms with Gasteiger partial charge in [-0.05, 0) is 37.3 Å². The number of rotatable bonds is 2. The molecule has 0 fully saturated rings. The molecule has 0 saturated carbocycles. The van der Waals surface area contributed by atoms with Crippen LogP contribution >= 0.6 is 0 Å². The summed E-state index contributed by atoms with van der Waals surface area (Å²) in [6.07, 6.45) is 1.69. The van der Waals surface area contributed by atoms with Crippen molar-refractivity contribution < 1.29 is 23.1 Å². The van der Waals surface area contributed by atoms with Gasteiger partial charge in [-0.15, -0.1) is 4.40 Å². The number of carbonyl (C=O) groups is 1. The molecule has 2 aromatic heterocycles. The number of carbonyl (C=O) groups excluding carboxylic acids is 1. The molecule has 1 N–H and O–H groups in total. The van der Waals surface area contributed by atoms with Crippen molar-refractivity contribution in [3.05, 3.63) is 65.2 Å². The molecule has 0 aliphatic heterocycles. The zero-order valence-electron chi connectivity index (χ0n) is 10.6. The topological polar surface area (TPSA) is 54.5 Å². The lowest BCUT2D eigenvalue weighted by molar-refractivity contribution is -0.516. The Bertz CT molecular complexity index is 806. The molecule has 0 spiro atoms. The Hall–Kier alpha value is -2.69. The molecule has 0 saturated heterocycles. The van der Waals surface area contributed by atoms with Gasteiger partial charge in [-0.3, -0.25) is 4.79 Å². The van der Waals surface area contributed by atoms with Gasteiger partial charge in [0.2, 0.25) is 0 Å². The standard InChI is InChI=1S/C15H10FNO3/c1-9-2-7-12-17(8-9)13(15(19)20-12)14(18)10-3-5-11(16)6-4-10/h2-8H,1H3/p+1. The molecule has 3 aromatic rings. The number of oxazole rings is 1. The van der Waals surface area contributed by atoms with Crippen molar-refractivity contribution in [1.82, 2.24) is 0 Å². The molecule has 0 radical (unpaired) electrons. The number of aromatic hydroxyl groups is 1. The number of hydrogen-bond acceptors (Lipinski definition) is 3. The molecule has 20 heavy (non-hydrogen) atoms. The van der Waals surface area contributed by atoms with Crippen LogP contribution in [0.1, 0.15) is 21.6 Å². The fraction of sp³-hybridized carbons (Fsp3) is 0.0667. The van der Waals surface area contributed by atoms with Gasteiger partial charge in [0.15, 0.2) is 6.20 Å². The molecule has 1 aromatic carbocycles. The number of ketones is 1. The number of benzene rings is 1. The van der Waals surface area contributed by atoms with Crippen molar-refractivity contribution in [2.45, 2.75) is 6.92 Å². The van der Waals surface area contributed by atoms with E-state index >= 15 is 0 Å². The molecule has 0 unspecified atom stereocenters. The normalized spacial score (nSPS) is 10.9. The van der Waals surface area contributed by atoms with Crippen molar-refractivity contribution in [3.63, 3.8) is 0 Å². The lowest BCUT2D eigenvalue weighted by Crippen LogP contribution is -2.27. The third-order valence-electron chi connectivity index (χ3n) is 3.03. The Morgan fingerprint density at radius 2 is 1.90 bits per heavy atom. The summed E-state index contributed by atoms with van der Waals surface area (Å²) in [5, 5.41) is 9.83. The molecular formula is C15H11FNO3+. The van der Waals surface area contributed by atoms with Crippen molar-refractivity contribution >= 4 is 11.5 Å². The number of hydrogen-bond donors (Lipinski definition) is 1. The third kappa shape index (κ3) is 1.93. The summed E-state index contributed by atoms with van der Waals surface area (Å²) in [7, 11) is 0. The van der Waals surface area contributed by atoms with Crippen molar-refractivity contribution in [1.29, 1.82) is 0 Å². The van der Waals surface area contributed by atoms with Crippen molar-refractivity contribution in [2.75, 3.05) is 0 Å². The van der Waals surface area contributed by atoms with E-state index in [2.05, 4.69) is 0 Å². The number of aromatic nitrogens is 1.